The summed E-state index contributed by atoms with van der Waals surface area (Å²) in [5.41, 5.74) is 5.66. The maximum absolute atomic E-state index is 11.5. The summed E-state index contributed by atoms with van der Waals surface area (Å²) in [7, 11) is 0. The number of aliphatic hydroxyl groups is 1. The summed E-state index contributed by atoms with van der Waals surface area (Å²) in [5, 5.41) is 17.3. The molecule has 0 saturated carbocycles. The molecule has 1 amide bonds. The molecule has 1 atom stereocenters. The van der Waals surface area contributed by atoms with Gasteiger partial charge >= 0.3 is 0 Å². The van der Waals surface area contributed by atoms with Crippen molar-refractivity contribution in [1.29, 1.82) is 0 Å². The summed E-state index contributed by atoms with van der Waals surface area (Å²) in [6, 6.07) is 1.63. The quantitative estimate of drug-likeness (QED) is 0.802. The highest BCUT2D eigenvalue weighted by Crippen LogP contribution is 2.21. The van der Waals surface area contributed by atoms with Crippen LogP contribution in [0.5, 0.6) is 0 Å². The summed E-state index contributed by atoms with van der Waals surface area (Å²) >= 11 is 5.77. The van der Waals surface area contributed by atoms with E-state index >= 15 is 0 Å². The average Bonchev–Trinajstić information content (AvgIpc) is 2.49. The van der Waals surface area contributed by atoms with Gasteiger partial charge in [0.15, 0.2) is 11.0 Å². The van der Waals surface area contributed by atoms with Crippen molar-refractivity contribution in [2.75, 3.05) is 37.7 Å². The lowest BCUT2D eigenvalue weighted by atomic mass is 10.1. The monoisotopic (exact) mass is 313 g/mol. The van der Waals surface area contributed by atoms with Gasteiger partial charge in [0.2, 0.25) is 0 Å². The third-order valence-electron chi connectivity index (χ3n) is 3.82. The van der Waals surface area contributed by atoms with E-state index in [0.29, 0.717) is 18.9 Å². The molecule has 7 nitrogen and oxygen atoms in total. The zero-order valence-corrected chi connectivity index (χ0v) is 12.8. The standard InChI is InChI=1S/C13H20ClN5O2/c1-2-9(8-20)18-3-5-19(6-4-18)13-10(12(15)21)7-11(14)16-17-13/h7,9,20H,2-6,8H2,1H3,(H2,15,21). The molecule has 8 heteroatoms. The number of hydrogen-bond donors (Lipinski definition) is 2. The first-order chi connectivity index (χ1) is 10.1. The topological polar surface area (TPSA) is 95.6 Å². The van der Waals surface area contributed by atoms with E-state index in [0.717, 1.165) is 19.5 Å². The first kappa shape index (κ1) is 15.9. The maximum atomic E-state index is 11.5. The predicted octanol–water partition coefficient (Wildman–Crippen LogP) is 0.122. The van der Waals surface area contributed by atoms with Crippen LogP contribution >= 0.6 is 11.6 Å². The van der Waals surface area contributed by atoms with Gasteiger partial charge in [0, 0.05) is 32.2 Å². The van der Waals surface area contributed by atoms with Crippen LogP contribution in [0.3, 0.4) is 0 Å². The molecule has 1 unspecified atom stereocenters. The number of primary amides is 1. The molecule has 0 spiro atoms. The van der Waals surface area contributed by atoms with E-state index in [1.54, 1.807) is 0 Å². The number of carbonyl (C=O) groups is 1. The van der Waals surface area contributed by atoms with Crippen LogP contribution in [0.1, 0.15) is 23.7 Å². The van der Waals surface area contributed by atoms with Gasteiger partial charge in [-0.3, -0.25) is 9.69 Å². The van der Waals surface area contributed by atoms with Crippen molar-refractivity contribution < 1.29 is 9.90 Å². The Labute approximate surface area is 128 Å². The highest BCUT2D eigenvalue weighted by Gasteiger charge is 2.25. The lowest BCUT2D eigenvalue weighted by Gasteiger charge is -2.39. The summed E-state index contributed by atoms with van der Waals surface area (Å²) < 4.78 is 0. The number of anilines is 1. The van der Waals surface area contributed by atoms with Gasteiger partial charge in [0.25, 0.3) is 5.91 Å². The second-order valence-electron chi connectivity index (χ2n) is 5.04. The Morgan fingerprint density at radius 2 is 2.10 bits per heavy atom. The van der Waals surface area contributed by atoms with Crippen molar-refractivity contribution in [2.24, 2.45) is 5.73 Å². The number of carbonyl (C=O) groups excluding carboxylic acids is 1. The predicted molar refractivity (Wildman–Crippen MR) is 80.5 cm³/mol. The number of amides is 1. The van der Waals surface area contributed by atoms with Gasteiger partial charge in [-0.25, -0.2) is 0 Å². The largest absolute Gasteiger partial charge is 0.395 e. The lowest BCUT2D eigenvalue weighted by molar-refractivity contribution is 0.0999. The first-order valence-electron chi connectivity index (χ1n) is 6.99. The molecule has 2 rings (SSSR count). The fraction of sp³-hybridized carbons (Fsp3) is 0.615. The second kappa shape index (κ2) is 7.02. The van der Waals surface area contributed by atoms with Crippen molar-refractivity contribution in [1.82, 2.24) is 15.1 Å². The molecule has 1 saturated heterocycles. The van der Waals surface area contributed by atoms with Gasteiger partial charge in [-0.2, -0.15) is 0 Å². The Hall–Kier alpha value is -1.44. The van der Waals surface area contributed by atoms with E-state index in [4.69, 9.17) is 17.3 Å². The third kappa shape index (κ3) is 3.61. The molecule has 2 heterocycles. The molecular formula is C13H20ClN5O2. The smallest absolute Gasteiger partial charge is 0.252 e. The number of nitrogens with zero attached hydrogens (tertiary/aromatic N) is 4. The SMILES string of the molecule is CCC(CO)N1CCN(c2nnc(Cl)cc2C(N)=O)CC1. The van der Waals surface area contributed by atoms with Crippen LogP contribution < -0.4 is 10.6 Å². The molecule has 0 aromatic carbocycles. The van der Waals surface area contributed by atoms with E-state index < -0.39 is 5.91 Å². The minimum atomic E-state index is -0.564. The summed E-state index contributed by atoms with van der Waals surface area (Å²) in [6.45, 7) is 5.20. The van der Waals surface area contributed by atoms with Crippen LogP contribution in [0.15, 0.2) is 6.07 Å². The fourth-order valence-electron chi connectivity index (χ4n) is 2.58. The molecule has 1 aliphatic rings. The average molecular weight is 314 g/mol. The van der Waals surface area contributed by atoms with Gasteiger partial charge in [0.1, 0.15) is 0 Å². The third-order valence-corrected chi connectivity index (χ3v) is 4.01. The van der Waals surface area contributed by atoms with Crippen molar-refractivity contribution in [3.63, 3.8) is 0 Å². The Kier molecular flexibility index (Phi) is 5.33. The van der Waals surface area contributed by atoms with Crippen LogP contribution in [0.2, 0.25) is 5.15 Å². The Morgan fingerprint density at radius 3 is 2.62 bits per heavy atom. The molecule has 0 bridgehead atoms. The molecular weight excluding hydrogens is 294 g/mol. The molecule has 1 aromatic rings. The van der Waals surface area contributed by atoms with E-state index in [1.165, 1.54) is 6.07 Å². The molecule has 21 heavy (non-hydrogen) atoms. The highest BCUT2D eigenvalue weighted by molar-refractivity contribution is 6.29. The number of hydrogen-bond acceptors (Lipinski definition) is 6. The minimum Gasteiger partial charge on any atom is -0.395 e. The number of aliphatic hydroxyl groups excluding tert-OH is 1. The van der Waals surface area contributed by atoms with E-state index in [2.05, 4.69) is 22.0 Å². The first-order valence-corrected chi connectivity index (χ1v) is 7.37. The van der Waals surface area contributed by atoms with Gasteiger partial charge in [0.05, 0.1) is 12.2 Å². The van der Waals surface area contributed by atoms with Crippen LogP contribution in [0, 0.1) is 0 Å². The maximum Gasteiger partial charge on any atom is 0.252 e. The summed E-state index contributed by atoms with van der Waals surface area (Å²) in [5.74, 6) is -0.0883. The molecule has 116 valence electrons. The van der Waals surface area contributed by atoms with Crippen LogP contribution in [-0.2, 0) is 0 Å². The zero-order valence-electron chi connectivity index (χ0n) is 12.0. The van der Waals surface area contributed by atoms with E-state index in [1.807, 2.05) is 4.90 Å². The second-order valence-corrected chi connectivity index (χ2v) is 5.42. The molecule has 1 aromatic heterocycles. The number of halogens is 1. The van der Waals surface area contributed by atoms with Gasteiger partial charge in [-0.15, -0.1) is 10.2 Å². The van der Waals surface area contributed by atoms with Gasteiger partial charge in [-0.05, 0) is 12.5 Å². The van der Waals surface area contributed by atoms with Crippen molar-refractivity contribution in [3.8, 4) is 0 Å². The minimum absolute atomic E-state index is 0.150. The fourth-order valence-corrected chi connectivity index (χ4v) is 2.72. The Balaban J connectivity index is 2.10. The highest BCUT2D eigenvalue weighted by atomic mass is 35.5. The number of aromatic nitrogens is 2. The Bertz CT molecular complexity index is 501. The summed E-state index contributed by atoms with van der Waals surface area (Å²) in [4.78, 5) is 15.7. The van der Waals surface area contributed by atoms with Crippen molar-refractivity contribution >= 4 is 23.3 Å². The lowest BCUT2D eigenvalue weighted by Crippen LogP contribution is -2.51. The van der Waals surface area contributed by atoms with E-state index in [9.17, 15) is 9.90 Å². The van der Waals surface area contributed by atoms with Gasteiger partial charge < -0.3 is 15.7 Å². The molecule has 0 radical (unpaired) electrons. The molecule has 0 aliphatic carbocycles. The number of piperazine rings is 1. The number of nitrogens with two attached hydrogens (primary N) is 1. The summed E-state index contributed by atoms with van der Waals surface area (Å²) in [6.07, 6.45) is 0.907. The van der Waals surface area contributed by atoms with Crippen LogP contribution in [0.25, 0.3) is 0 Å². The van der Waals surface area contributed by atoms with Crippen LogP contribution in [0.4, 0.5) is 5.82 Å². The van der Waals surface area contributed by atoms with Crippen molar-refractivity contribution in [3.05, 3.63) is 16.8 Å². The van der Waals surface area contributed by atoms with E-state index in [-0.39, 0.29) is 23.4 Å². The number of rotatable bonds is 5. The van der Waals surface area contributed by atoms with Crippen molar-refractivity contribution in [2.45, 2.75) is 19.4 Å². The van der Waals surface area contributed by atoms with Crippen LogP contribution in [-0.4, -0.2) is 64.9 Å². The van der Waals surface area contributed by atoms with Gasteiger partial charge in [-0.1, -0.05) is 18.5 Å². The molecule has 1 fully saturated rings. The molecule has 1 aliphatic heterocycles. The normalized spacial score (nSPS) is 17.8. The Morgan fingerprint density at radius 1 is 1.43 bits per heavy atom. The zero-order chi connectivity index (χ0) is 15.4. The molecule has 3 N–H and O–H groups in total.